The van der Waals surface area contributed by atoms with E-state index < -0.39 is 0 Å². The van der Waals surface area contributed by atoms with Gasteiger partial charge in [0.05, 0.1) is 6.04 Å². The topological polar surface area (TPSA) is 109 Å². The Labute approximate surface area is 203 Å². The van der Waals surface area contributed by atoms with Gasteiger partial charge in [-0.3, -0.25) is 4.79 Å². The molecular formula is C24H29N7O2S. The Balaban J connectivity index is 1.59. The third-order valence-corrected chi connectivity index (χ3v) is 6.57. The average molecular weight is 480 g/mol. The van der Waals surface area contributed by atoms with Crippen LogP contribution in [0.1, 0.15) is 33.4 Å². The molecule has 1 atom stereocenters. The molecule has 178 valence electrons. The van der Waals surface area contributed by atoms with Crippen LogP contribution >= 0.6 is 11.8 Å². The zero-order chi connectivity index (χ0) is 24.1. The molecule has 10 heteroatoms. The van der Waals surface area contributed by atoms with Crippen LogP contribution in [0.2, 0.25) is 0 Å². The molecule has 2 aromatic carbocycles. The standard InChI is InChI=1S/C24H29N7O2S/c1-29(2)24(33)30-13-12-26-20(15-30)21-27-23(34-16-18-10-8-17(14-25)9-11-18)31(28-21)22(32)19-6-4-3-5-7-19/h3-11,20,26H,12-16,25H2,1-2H3. The lowest BCUT2D eigenvalue weighted by Crippen LogP contribution is -2.51. The summed E-state index contributed by atoms with van der Waals surface area (Å²) < 4.78 is 1.37. The number of hydrogen-bond acceptors (Lipinski definition) is 7. The molecule has 2 amide bonds. The number of carbonyl (C=O) groups excluding carboxylic acids is 2. The molecule has 4 rings (SSSR count). The van der Waals surface area contributed by atoms with Gasteiger partial charge in [0.25, 0.3) is 5.91 Å². The van der Waals surface area contributed by atoms with E-state index in [4.69, 9.17) is 10.7 Å². The molecule has 0 aliphatic carbocycles. The molecule has 9 nitrogen and oxygen atoms in total. The smallest absolute Gasteiger partial charge is 0.319 e. The monoisotopic (exact) mass is 479 g/mol. The molecule has 1 unspecified atom stereocenters. The lowest BCUT2D eigenvalue weighted by Gasteiger charge is -2.33. The van der Waals surface area contributed by atoms with Crippen LogP contribution < -0.4 is 11.1 Å². The summed E-state index contributed by atoms with van der Waals surface area (Å²) in [4.78, 5) is 33.8. The van der Waals surface area contributed by atoms with Crippen molar-refractivity contribution in [3.63, 3.8) is 0 Å². The fourth-order valence-electron chi connectivity index (χ4n) is 3.69. The summed E-state index contributed by atoms with van der Waals surface area (Å²) in [5.41, 5.74) is 8.40. The number of thioether (sulfide) groups is 1. The Morgan fingerprint density at radius 3 is 2.50 bits per heavy atom. The number of nitrogens with zero attached hydrogens (tertiary/aromatic N) is 5. The van der Waals surface area contributed by atoms with Gasteiger partial charge in [-0.2, -0.15) is 4.68 Å². The number of benzene rings is 2. The quantitative estimate of drug-likeness (QED) is 0.522. The molecule has 1 saturated heterocycles. The van der Waals surface area contributed by atoms with Gasteiger partial charge in [0, 0.05) is 51.6 Å². The van der Waals surface area contributed by atoms with E-state index in [-0.39, 0.29) is 18.0 Å². The van der Waals surface area contributed by atoms with E-state index >= 15 is 0 Å². The van der Waals surface area contributed by atoms with Crippen molar-refractivity contribution in [2.75, 3.05) is 33.7 Å². The second-order valence-electron chi connectivity index (χ2n) is 8.27. The first kappa shape index (κ1) is 23.9. The molecule has 2 heterocycles. The first-order valence-corrected chi connectivity index (χ1v) is 12.1. The third kappa shape index (κ3) is 5.46. The molecule has 0 radical (unpaired) electrons. The highest BCUT2D eigenvalue weighted by Crippen LogP contribution is 2.25. The number of nitrogens with two attached hydrogens (primary N) is 1. The molecule has 0 bridgehead atoms. The fraction of sp³-hybridized carbons (Fsp3) is 0.333. The van der Waals surface area contributed by atoms with Gasteiger partial charge in [0.2, 0.25) is 0 Å². The normalized spacial score (nSPS) is 15.9. The minimum absolute atomic E-state index is 0.0539. The van der Waals surface area contributed by atoms with E-state index in [1.54, 1.807) is 36.0 Å². The number of amides is 2. The Hall–Kier alpha value is -3.21. The summed E-state index contributed by atoms with van der Waals surface area (Å²) in [6.07, 6.45) is 0. The molecule has 0 saturated carbocycles. The maximum Gasteiger partial charge on any atom is 0.319 e. The summed E-state index contributed by atoms with van der Waals surface area (Å²) >= 11 is 1.45. The van der Waals surface area contributed by atoms with E-state index in [2.05, 4.69) is 10.4 Å². The molecule has 1 aromatic heterocycles. The molecule has 34 heavy (non-hydrogen) atoms. The number of hydrogen-bond donors (Lipinski definition) is 2. The lowest BCUT2D eigenvalue weighted by molar-refractivity contribution is 0.0932. The first-order valence-electron chi connectivity index (χ1n) is 11.1. The summed E-state index contributed by atoms with van der Waals surface area (Å²) in [5.74, 6) is 0.896. The molecule has 1 fully saturated rings. The molecule has 3 aromatic rings. The van der Waals surface area contributed by atoms with Gasteiger partial charge in [-0.05, 0) is 23.3 Å². The van der Waals surface area contributed by atoms with Crippen LogP contribution in [0.15, 0.2) is 59.8 Å². The largest absolute Gasteiger partial charge is 0.331 e. The zero-order valence-corrected chi connectivity index (χ0v) is 20.2. The van der Waals surface area contributed by atoms with Crippen LogP contribution in [-0.2, 0) is 12.3 Å². The highest BCUT2D eigenvalue weighted by molar-refractivity contribution is 7.98. The molecular weight excluding hydrogens is 450 g/mol. The Kier molecular flexibility index (Phi) is 7.61. The highest BCUT2D eigenvalue weighted by atomic mass is 32.2. The van der Waals surface area contributed by atoms with E-state index in [9.17, 15) is 9.59 Å². The summed E-state index contributed by atoms with van der Waals surface area (Å²) in [7, 11) is 3.47. The molecule has 0 spiro atoms. The number of nitrogens with one attached hydrogen (secondary N) is 1. The lowest BCUT2D eigenvalue weighted by atomic mass is 10.1. The fourth-order valence-corrected chi connectivity index (χ4v) is 4.58. The van der Waals surface area contributed by atoms with Gasteiger partial charge in [-0.25, -0.2) is 9.78 Å². The number of aromatic nitrogens is 3. The number of urea groups is 1. The molecule has 3 N–H and O–H groups in total. The van der Waals surface area contributed by atoms with Crippen LogP contribution in [0.25, 0.3) is 0 Å². The number of carbonyl (C=O) groups is 2. The number of piperazine rings is 1. The minimum Gasteiger partial charge on any atom is -0.331 e. The van der Waals surface area contributed by atoms with E-state index in [1.807, 2.05) is 42.5 Å². The summed E-state index contributed by atoms with van der Waals surface area (Å²) in [6, 6.07) is 16.8. The van der Waals surface area contributed by atoms with Crippen molar-refractivity contribution in [1.82, 2.24) is 29.9 Å². The van der Waals surface area contributed by atoms with Crippen molar-refractivity contribution in [2.24, 2.45) is 5.73 Å². The Morgan fingerprint density at radius 1 is 1.12 bits per heavy atom. The Morgan fingerprint density at radius 2 is 1.82 bits per heavy atom. The van der Waals surface area contributed by atoms with Gasteiger partial charge in [-0.1, -0.05) is 54.2 Å². The van der Waals surface area contributed by atoms with Crippen LogP contribution in [-0.4, -0.2) is 70.2 Å². The maximum atomic E-state index is 13.3. The van der Waals surface area contributed by atoms with Gasteiger partial charge in [-0.15, -0.1) is 5.10 Å². The van der Waals surface area contributed by atoms with Gasteiger partial charge in [0.15, 0.2) is 11.0 Å². The summed E-state index contributed by atoms with van der Waals surface area (Å²) in [5, 5.41) is 8.49. The predicted molar refractivity (Wildman–Crippen MR) is 131 cm³/mol. The van der Waals surface area contributed by atoms with E-state index in [0.717, 1.165) is 11.1 Å². The Bertz CT molecular complexity index is 1130. The second kappa shape index (κ2) is 10.8. The zero-order valence-electron chi connectivity index (χ0n) is 19.3. The molecule has 1 aliphatic heterocycles. The maximum absolute atomic E-state index is 13.3. The third-order valence-electron chi connectivity index (χ3n) is 5.57. The van der Waals surface area contributed by atoms with Crippen molar-refractivity contribution in [3.8, 4) is 0 Å². The van der Waals surface area contributed by atoms with E-state index in [0.29, 0.717) is 48.5 Å². The van der Waals surface area contributed by atoms with Crippen LogP contribution in [0.5, 0.6) is 0 Å². The van der Waals surface area contributed by atoms with Gasteiger partial charge < -0.3 is 20.9 Å². The first-order chi connectivity index (χ1) is 16.5. The van der Waals surface area contributed by atoms with Crippen molar-refractivity contribution >= 4 is 23.7 Å². The average Bonchev–Trinajstić information content (AvgIpc) is 3.31. The van der Waals surface area contributed by atoms with Crippen LogP contribution in [0.3, 0.4) is 0 Å². The van der Waals surface area contributed by atoms with Crippen molar-refractivity contribution < 1.29 is 9.59 Å². The van der Waals surface area contributed by atoms with Crippen molar-refractivity contribution in [2.45, 2.75) is 23.5 Å². The summed E-state index contributed by atoms with van der Waals surface area (Å²) in [6.45, 7) is 2.17. The van der Waals surface area contributed by atoms with Crippen LogP contribution in [0, 0.1) is 0 Å². The van der Waals surface area contributed by atoms with Crippen molar-refractivity contribution in [1.29, 1.82) is 0 Å². The second-order valence-corrected chi connectivity index (χ2v) is 9.22. The van der Waals surface area contributed by atoms with Crippen LogP contribution in [0.4, 0.5) is 4.79 Å². The SMILES string of the molecule is CN(C)C(=O)N1CCNC(c2nc(SCc3ccc(CN)cc3)n(C(=O)c3ccccc3)n2)C1. The highest BCUT2D eigenvalue weighted by Gasteiger charge is 2.29. The minimum atomic E-state index is -0.259. The van der Waals surface area contributed by atoms with E-state index in [1.165, 1.54) is 16.4 Å². The van der Waals surface area contributed by atoms with Gasteiger partial charge >= 0.3 is 6.03 Å². The predicted octanol–water partition coefficient (Wildman–Crippen LogP) is 2.35. The number of rotatable bonds is 6. The molecule has 1 aliphatic rings. The van der Waals surface area contributed by atoms with Gasteiger partial charge in [0.1, 0.15) is 0 Å². The van der Waals surface area contributed by atoms with Crippen molar-refractivity contribution in [3.05, 3.63) is 77.1 Å².